The van der Waals surface area contributed by atoms with Crippen molar-refractivity contribution in [1.82, 2.24) is 20.2 Å². The summed E-state index contributed by atoms with van der Waals surface area (Å²) in [6, 6.07) is 17.1. The van der Waals surface area contributed by atoms with Crippen LogP contribution >= 0.6 is 0 Å². The summed E-state index contributed by atoms with van der Waals surface area (Å²) in [5.74, 6) is 0.712. The molecule has 2 aromatic carbocycles. The second-order valence-corrected chi connectivity index (χ2v) is 5.26. The van der Waals surface area contributed by atoms with Crippen molar-refractivity contribution < 1.29 is 14.3 Å². The van der Waals surface area contributed by atoms with Crippen LogP contribution in [0.3, 0.4) is 0 Å². The second-order valence-electron chi connectivity index (χ2n) is 5.26. The van der Waals surface area contributed by atoms with E-state index in [0.29, 0.717) is 12.4 Å². The Labute approximate surface area is 144 Å². The Kier molecular flexibility index (Phi) is 5.20. The van der Waals surface area contributed by atoms with E-state index in [4.69, 9.17) is 15.2 Å². The third-order valence-corrected chi connectivity index (χ3v) is 3.48. The molecule has 25 heavy (non-hydrogen) atoms. The molecule has 0 radical (unpaired) electrons. The normalized spacial score (nSPS) is 11.7. The molecule has 1 amide bonds. The van der Waals surface area contributed by atoms with Gasteiger partial charge in [-0.05, 0) is 28.5 Å². The number of carbonyl (C=O) groups is 1. The first-order valence-corrected chi connectivity index (χ1v) is 7.64. The van der Waals surface area contributed by atoms with E-state index in [0.717, 1.165) is 11.1 Å². The molecule has 1 atom stereocenters. The Morgan fingerprint density at radius 2 is 1.88 bits per heavy atom. The van der Waals surface area contributed by atoms with Gasteiger partial charge < -0.3 is 15.2 Å². The van der Waals surface area contributed by atoms with Crippen molar-refractivity contribution >= 4 is 6.09 Å². The zero-order valence-corrected chi connectivity index (χ0v) is 13.4. The van der Waals surface area contributed by atoms with Crippen LogP contribution < -0.4 is 10.5 Å². The summed E-state index contributed by atoms with van der Waals surface area (Å²) < 4.78 is 10.9. The van der Waals surface area contributed by atoms with Crippen LogP contribution in [0.5, 0.6) is 5.75 Å². The zero-order valence-electron chi connectivity index (χ0n) is 13.4. The maximum Gasteiger partial charge on any atom is 0.405 e. The van der Waals surface area contributed by atoms with E-state index in [1.54, 1.807) is 0 Å². The van der Waals surface area contributed by atoms with Crippen molar-refractivity contribution in [1.29, 1.82) is 0 Å². The average Bonchev–Trinajstić information content (AvgIpc) is 3.13. The number of ether oxygens (including phenoxy) is 2. The number of nitrogens with two attached hydrogens (primary N) is 1. The number of primary amides is 1. The van der Waals surface area contributed by atoms with Gasteiger partial charge in [0, 0.05) is 0 Å². The van der Waals surface area contributed by atoms with Gasteiger partial charge in [0.15, 0.2) is 12.4 Å². The van der Waals surface area contributed by atoms with Crippen molar-refractivity contribution in [2.45, 2.75) is 19.3 Å². The van der Waals surface area contributed by atoms with E-state index < -0.39 is 12.2 Å². The second kappa shape index (κ2) is 7.91. The molecule has 0 aliphatic rings. The van der Waals surface area contributed by atoms with E-state index in [-0.39, 0.29) is 6.54 Å². The van der Waals surface area contributed by atoms with Crippen LogP contribution in [-0.4, -0.2) is 26.3 Å². The van der Waals surface area contributed by atoms with Crippen molar-refractivity contribution in [3.05, 3.63) is 72.1 Å². The minimum absolute atomic E-state index is 0.215. The van der Waals surface area contributed by atoms with Gasteiger partial charge in [-0.2, -0.15) is 4.80 Å². The van der Waals surface area contributed by atoms with Crippen LogP contribution in [0.1, 0.15) is 17.2 Å². The van der Waals surface area contributed by atoms with Gasteiger partial charge in [0.2, 0.25) is 0 Å². The molecular formula is C17H17N5O3. The summed E-state index contributed by atoms with van der Waals surface area (Å²) in [5, 5.41) is 11.3. The Morgan fingerprint density at radius 3 is 2.52 bits per heavy atom. The standard InChI is InChI=1S/C17H17N5O3/c18-17(23)25-16(10-22-20-12-19-21-22)14-6-8-15(9-7-14)24-11-13-4-2-1-3-5-13/h1-9,12,16H,10-11H2,(H2,18,23). The molecule has 1 aromatic heterocycles. The monoisotopic (exact) mass is 339 g/mol. The summed E-state index contributed by atoms with van der Waals surface area (Å²) in [5.41, 5.74) is 6.99. The molecule has 3 rings (SSSR count). The lowest BCUT2D eigenvalue weighted by Gasteiger charge is -2.16. The van der Waals surface area contributed by atoms with Crippen LogP contribution in [0.2, 0.25) is 0 Å². The highest BCUT2D eigenvalue weighted by atomic mass is 16.6. The smallest absolute Gasteiger partial charge is 0.405 e. The molecular weight excluding hydrogens is 322 g/mol. The van der Waals surface area contributed by atoms with Crippen molar-refractivity contribution in [3.63, 3.8) is 0 Å². The highest BCUT2D eigenvalue weighted by Gasteiger charge is 2.17. The molecule has 0 aliphatic carbocycles. The van der Waals surface area contributed by atoms with Gasteiger partial charge in [-0.25, -0.2) is 4.79 Å². The summed E-state index contributed by atoms with van der Waals surface area (Å²) in [7, 11) is 0. The van der Waals surface area contributed by atoms with Gasteiger partial charge in [-0.3, -0.25) is 0 Å². The largest absolute Gasteiger partial charge is 0.489 e. The minimum atomic E-state index is -0.866. The topological polar surface area (TPSA) is 105 Å². The first-order chi connectivity index (χ1) is 12.2. The lowest BCUT2D eigenvalue weighted by atomic mass is 10.1. The SMILES string of the molecule is NC(=O)OC(Cn1ncnn1)c1ccc(OCc2ccccc2)cc1. The Morgan fingerprint density at radius 1 is 1.12 bits per heavy atom. The van der Waals surface area contributed by atoms with Crippen LogP contribution in [0.15, 0.2) is 60.9 Å². The Balaban J connectivity index is 1.66. The summed E-state index contributed by atoms with van der Waals surface area (Å²) in [6.07, 6.45) is -0.175. The van der Waals surface area contributed by atoms with Crippen LogP contribution in [0.4, 0.5) is 4.79 Å². The lowest BCUT2D eigenvalue weighted by Crippen LogP contribution is -2.22. The third-order valence-electron chi connectivity index (χ3n) is 3.48. The molecule has 1 unspecified atom stereocenters. The first kappa shape index (κ1) is 16.4. The number of hydrogen-bond acceptors (Lipinski definition) is 6. The van der Waals surface area contributed by atoms with Crippen LogP contribution in [-0.2, 0) is 17.9 Å². The molecule has 0 spiro atoms. The summed E-state index contributed by atoms with van der Waals surface area (Å²) >= 11 is 0. The number of carbonyl (C=O) groups excluding carboxylic acids is 1. The molecule has 0 saturated carbocycles. The number of nitrogens with zero attached hydrogens (tertiary/aromatic N) is 4. The predicted molar refractivity (Wildman–Crippen MR) is 88.4 cm³/mol. The minimum Gasteiger partial charge on any atom is -0.489 e. The Bertz CT molecular complexity index is 791. The maximum absolute atomic E-state index is 11.1. The van der Waals surface area contributed by atoms with E-state index in [9.17, 15) is 4.79 Å². The highest BCUT2D eigenvalue weighted by Crippen LogP contribution is 2.22. The molecule has 8 nitrogen and oxygen atoms in total. The van der Waals surface area contributed by atoms with Crippen LogP contribution in [0.25, 0.3) is 0 Å². The molecule has 3 aromatic rings. The van der Waals surface area contributed by atoms with Crippen LogP contribution in [0, 0.1) is 0 Å². The average molecular weight is 339 g/mol. The van der Waals surface area contributed by atoms with Gasteiger partial charge in [-0.1, -0.05) is 42.5 Å². The third kappa shape index (κ3) is 4.77. The van der Waals surface area contributed by atoms with E-state index >= 15 is 0 Å². The fourth-order valence-corrected chi connectivity index (χ4v) is 2.29. The van der Waals surface area contributed by atoms with Crippen molar-refractivity contribution in [2.75, 3.05) is 0 Å². The quantitative estimate of drug-likeness (QED) is 0.706. The number of benzene rings is 2. The molecule has 1 heterocycles. The number of amides is 1. The van der Waals surface area contributed by atoms with E-state index in [2.05, 4.69) is 15.4 Å². The van der Waals surface area contributed by atoms with Gasteiger partial charge in [0.1, 0.15) is 18.9 Å². The molecule has 128 valence electrons. The van der Waals surface area contributed by atoms with Gasteiger partial charge in [0.05, 0.1) is 0 Å². The Hall–Kier alpha value is -3.42. The molecule has 0 aliphatic heterocycles. The highest BCUT2D eigenvalue weighted by molar-refractivity contribution is 5.65. The van der Waals surface area contributed by atoms with Gasteiger partial charge >= 0.3 is 6.09 Å². The summed E-state index contributed by atoms with van der Waals surface area (Å²) in [4.78, 5) is 12.5. The number of rotatable bonds is 7. The predicted octanol–water partition coefficient (Wildman–Crippen LogP) is 2.09. The van der Waals surface area contributed by atoms with Gasteiger partial charge in [-0.15, -0.1) is 10.2 Å². The number of aromatic nitrogens is 4. The summed E-state index contributed by atoms with van der Waals surface area (Å²) in [6.45, 7) is 0.692. The number of hydrogen-bond donors (Lipinski definition) is 1. The van der Waals surface area contributed by atoms with E-state index in [1.165, 1.54) is 11.1 Å². The molecule has 8 heteroatoms. The molecule has 0 saturated heterocycles. The molecule has 2 N–H and O–H groups in total. The maximum atomic E-state index is 11.1. The lowest BCUT2D eigenvalue weighted by molar-refractivity contribution is 0.0900. The van der Waals surface area contributed by atoms with Crippen molar-refractivity contribution in [3.8, 4) is 5.75 Å². The molecule has 0 bridgehead atoms. The molecule has 0 fully saturated rings. The fourth-order valence-electron chi connectivity index (χ4n) is 2.29. The van der Waals surface area contributed by atoms with Crippen molar-refractivity contribution in [2.24, 2.45) is 5.73 Å². The van der Waals surface area contributed by atoms with E-state index in [1.807, 2.05) is 54.6 Å². The zero-order chi connectivity index (χ0) is 17.5. The van der Waals surface area contributed by atoms with Gasteiger partial charge in [0.25, 0.3) is 0 Å². The first-order valence-electron chi connectivity index (χ1n) is 7.64. The number of tetrazole rings is 1. The fraction of sp³-hybridized carbons (Fsp3) is 0.176.